The number of aromatic nitrogens is 1. The van der Waals surface area contributed by atoms with Crippen LogP contribution in [0.5, 0.6) is 0 Å². The van der Waals surface area contributed by atoms with Crippen LogP contribution in [0.2, 0.25) is 0 Å². The van der Waals surface area contributed by atoms with Gasteiger partial charge < -0.3 is 4.42 Å². The first-order valence-electron chi connectivity index (χ1n) is 4.03. The van der Waals surface area contributed by atoms with Gasteiger partial charge in [-0.05, 0) is 5.92 Å². The summed E-state index contributed by atoms with van der Waals surface area (Å²) in [5.41, 5.74) is 0. The van der Waals surface area contributed by atoms with Crippen molar-refractivity contribution < 1.29 is 4.42 Å². The van der Waals surface area contributed by atoms with E-state index in [1.165, 1.54) is 0 Å². The molecule has 0 aliphatic carbocycles. The van der Waals surface area contributed by atoms with Gasteiger partial charge in [0.25, 0.3) is 0 Å². The fourth-order valence-electron chi connectivity index (χ4n) is 0.951. The number of rotatable bonds is 3. The van der Waals surface area contributed by atoms with Gasteiger partial charge in [0.05, 0.1) is 18.7 Å². The molecule has 0 fully saturated rings. The first-order chi connectivity index (χ1) is 5.72. The Morgan fingerprint density at radius 3 is 3.00 bits per heavy atom. The molecule has 64 valence electrons. The van der Waals surface area contributed by atoms with Crippen LogP contribution >= 0.6 is 0 Å². The van der Waals surface area contributed by atoms with Crippen molar-refractivity contribution in [3.63, 3.8) is 0 Å². The first-order valence-corrected chi connectivity index (χ1v) is 4.03. The van der Waals surface area contributed by atoms with Crippen molar-refractivity contribution in [2.24, 2.45) is 5.92 Å². The van der Waals surface area contributed by atoms with Crippen LogP contribution in [0, 0.1) is 17.2 Å². The van der Waals surface area contributed by atoms with Crippen molar-refractivity contribution in [1.82, 2.24) is 4.98 Å². The van der Waals surface area contributed by atoms with Crippen molar-refractivity contribution in [3.05, 3.63) is 17.8 Å². The van der Waals surface area contributed by atoms with Crippen molar-refractivity contribution in [2.75, 3.05) is 0 Å². The molecular weight excluding hydrogens is 152 g/mol. The number of oxazole rings is 1. The third kappa shape index (κ3) is 2.39. The van der Waals surface area contributed by atoms with Gasteiger partial charge in [-0.15, -0.1) is 0 Å². The predicted molar refractivity (Wildman–Crippen MR) is 44.4 cm³/mol. The minimum Gasteiger partial charge on any atom is -0.445 e. The van der Waals surface area contributed by atoms with Gasteiger partial charge in [-0.3, -0.25) is 0 Å². The zero-order chi connectivity index (χ0) is 8.97. The van der Waals surface area contributed by atoms with Gasteiger partial charge in [0.1, 0.15) is 5.76 Å². The van der Waals surface area contributed by atoms with Crippen LogP contribution in [0.3, 0.4) is 0 Å². The summed E-state index contributed by atoms with van der Waals surface area (Å²) in [6, 6.07) is 2.02. The Kier molecular flexibility index (Phi) is 2.87. The van der Waals surface area contributed by atoms with E-state index in [-0.39, 0.29) is 0 Å². The monoisotopic (exact) mass is 164 g/mol. The summed E-state index contributed by atoms with van der Waals surface area (Å²) in [5, 5.41) is 8.37. The molecule has 0 aliphatic heterocycles. The Bertz CT molecular complexity index is 283. The Morgan fingerprint density at radius 2 is 2.42 bits per heavy atom. The summed E-state index contributed by atoms with van der Waals surface area (Å²) >= 11 is 0. The SMILES string of the molecule is CC(C)Cc1ncc(CC#N)o1. The van der Waals surface area contributed by atoms with Gasteiger partial charge in [-0.1, -0.05) is 13.8 Å². The van der Waals surface area contributed by atoms with Crippen LogP contribution in [-0.2, 0) is 12.8 Å². The molecule has 3 nitrogen and oxygen atoms in total. The van der Waals surface area contributed by atoms with E-state index in [4.69, 9.17) is 9.68 Å². The smallest absolute Gasteiger partial charge is 0.194 e. The molecule has 12 heavy (non-hydrogen) atoms. The highest BCUT2D eigenvalue weighted by Gasteiger charge is 2.04. The summed E-state index contributed by atoms with van der Waals surface area (Å²) in [6.45, 7) is 4.21. The van der Waals surface area contributed by atoms with Crippen LogP contribution in [0.25, 0.3) is 0 Å². The standard InChI is InChI=1S/C9H12N2O/c1-7(2)5-9-11-6-8(12-9)3-4-10/h6-7H,3,5H2,1-2H3. The van der Waals surface area contributed by atoms with E-state index in [1.54, 1.807) is 6.20 Å². The van der Waals surface area contributed by atoms with E-state index in [0.29, 0.717) is 18.1 Å². The van der Waals surface area contributed by atoms with Crippen molar-refractivity contribution in [2.45, 2.75) is 26.7 Å². The Labute approximate surface area is 72.0 Å². The van der Waals surface area contributed by atoms with Crippen LogP contribution in [-0.4, -0.2) is 4.98 Å². The molecule has 3 heteroatoms. The number of hydrogen-bond donors (Lipinski definition) is 0. The lowest BCUT2D eigenvalue weighted by atomic mass is 10.1. The van der Waals surface area contributed by atoms with Crippen molar-refractivity contribution in [1.29, 1.82) is 5.26 Å². The second kappa shape index (κ2) is 3.91. The Hall–Kier alpha value is -1.30. The van der Waals surface area contributed by atoms with E-state index in [1.807, 2.05) is 6.07 Å². The highest BCUT2D eigenvalue weighted by Crippen LogP contribution is 2.08. The van der Waals surface area contributed by atoms with E-state index >= 15 is 0 Å². The minimum atomic E-state index is 0.311. The molecule has 1 aromatic rings. The zero-order valence-electron chi connectivity index (χ0n) is 7.37. The van der Waals surface area contributed by atoms with E-state index in [9.17, 15) is 0 Å². The minimum absolute atomic E-state index is 0.311. The maximum Gasteiger partial charge on any atom is 0.194 e. The zero-order valence-corrected chi connectivity index (χ0v) is 7.37. The van der Waals surface area contributed by atoms with Gasteiger partial charge in [0, 0.05) is 6.42 Å². The average Bonchev–Trinajstić information content (AvgIpc) is 2.36. The normalized spacial score (nSPS) is 10.2. The molecule has 0 aliphatic rings. The molecule has 0 spiro atoms. The molecule has 0 amide bonds. The van der Waals surface area contributed by atoms with E-state index < -0.39 is 0 Å². The Morgan fingerprint density at radius 1 is 1.67 bits per heavy atom. The van der Waals surface area contributed by atoms with Crippen LogP contribution in [0.4, 0.5) is 0 Å². The van der Waals surface area contributed by atoms with Gasteiger partial charge >= 0.3 is 0 Å². The summed E-state index contributed by atoms with van der Waals surface area (Å²) in [7, 11) is 0. The maximum absolute atomic E-state index is 8.37. The Balaban J connectivity index is 2.59. The predicted octanol–water partition coefficient (Wildman–Crippen LogP) is 1.94. The molecule has 0 bridgehead atoms. The largest absolute Gasteiger partial charge is 0.445 e. The quantitative estimate of drug-likeness (QED) is 0.685. The maximum atomic E-state index is 8.37. The fraction of sp³-hybridized carbons (Fsp3) is 0.556. The highest BCUT2D eigenvalue weighted by molar-refractivity contribution is 5.00. The van der Waals surface area contributed by atoms with Gasteiger partial charge in [0.2, 0.25) is 0 Å². The average molecular weight is 164 g/mol. The molecule has 1 rings (SSSR count). The number of hydrogen-bond acceptors (Lipinski definition) is 3. The summed E-state index contributed by atoms with van der Waals surface area (Å²) < 4.78 is 5.30. The summed E-state index contributed by atoms with van der Waals surface area (Å²) in [5.74, 6) is 1.93. The molecule has 1 heterocycles. The second-order valence-corrected chi connectivity index (χ2v) is 3.15. The molecule has 0 aromatic carbocycles. The van der Waals surface area contributed by atoms with Crippen LogP contribution in [0.1, 0.15) is 25.5 Å². The molecule has 0 atom stereocenters. The summed E-state index contributed by atoms with van der Waals surface area (Å²) in [4.78, 5) is 4.06. The topological polar surface area (TPSA) is 49.8 Å². The lowest BCUT2D eigenvalue weighted by Crippen LogP contribution is -1.93. The fourth-order valence-corrected chi connectivity index (χ4v) is 0.951. The van der Waals surface area contributed by atoms with Crippen LogP contribution in [0.15, 0.2) is 10.6 Å². The molecule has 1 aromatic heterocycles. The summed E-state index contributed by atoms with van der Waals surface area (Å²) in [6.07, 6.45) is 2.78. The molecule has 0 radical (unpaired) electrons. The van der Waals surface area contributed by atoms with Gasteiger partial charge in [-0.25, -0.2) is 4.98 Å². The molecular formula is C9H12N2O. The molecule has 0 N–H and O–H groups in total. The van der Waals surface area contributed by atoms with Crippen molar-refractivity contribution >= 4 is 0 Å². The lowest BCUT2D eigenvalue weighted by Gasteiger charge is -1.97. The van der Waals surface area contributed by atoms with Crippen LogP contribution < -0.4 is 0 Å². The van der Waals surface area contributed by atoms with E-state index in [2.05, 4.69) is 18.8 Å². The van der Waals surface area contributed by atoms with Crippen molar-refractivity contribution in [3.8, 4) is 6.07 Å². The third-order valence-corrected chi connectivity index (χ3v) is 1.44. The van der Waals surface area contributed by atoms with Gasteiger partial charge in [0.15, 0.2) is 5.89 Å². The number of nitriles is 1. The lowest BCUT2D eigenvalue weighted by molar-refractivity contribution is 0.435. The molecule has 0 unspecified atom stereocenters. The van der Waals surface area contributed by atoms with E-state index in [0.717, 1.165) is 12.3 Å². The highest BCUT2D eigenvalue weighted by atomic mass is 16.4. The van der Waals surface area contributed by atoms with Gasteiger partial charge in [-0.2, -0.15) is 5.26 Å². The third-order valence-electron chi connectivity index (χ3n) is 1.44. The molecule has 0 saturated heterocycles. The first kappa shape index (κ1) is 8.79. The number of nitrogens with zero attached hydrogens (tertiary/aromatic N) is 2. The molecule has 0 saturated carbocycles. The second-order valence-electron chi connectivity index (χ2n) is 3.15.